The molecule has 5 nitrogen and oxygen atoms in total. The van der Waals surface area contributed by atoms with Crippen molar-refractivity contribution in [2.45, 2.75) is 19.5 Å². The second kappa shape index (κ2) is 8.05. The maximum atomic E-state index is 8.93. The summed E-state index contributed by atoms with van der Waals surface area (Å²) in [5.41, 5.74) is 3.43. The van der Waals surface area contributed by atoms with Crippen molar-refractivity contribution in [1.82, 2.24) is 15.1 Å². The van der Waals surface area contributed by atoms with Crippen LogP contribution in [0, 0.1) is 11.3 Å². The molecule has 0 amide bonds. The summed E-state index contributed by atoms with van der Waals surface area (Å²) in [6.45, 7) is 2.74. The van der Waals surface area contributed by atoms with Crippen LogP contribution in [0.4, 0.5) is 0 Å². The third kappa shape index (κ3) is 4.05. The molecule has 132 valence electrons. The predicted molar refractivity (Wildman–Crippen MR) is 102 cm³/mol. The third-order valence-corrected chi connectivity index (χ3v) is 4.33. The van der Waals surface area contributed by atoms with E-state index < -0.39 is 0 Å². The summed E-state index contributed by atoms with van der Waals surface area (Å²) >= 11 is 6.03. The van der Waals surface area contributed by atoms with Crippen LogP contribution in [0.1, 0.15) is 29.8 Å². The molecule has 1 heterocycles. The molecule has 3 rings (SSSR count). The Hall–Kier alpha value is -2.81. The van der Waals surface area contributed by atoms with Gasteiger partial charge in [0, 0.05) is 23.7 Å². The fourth-order valence-corrected chi connectivity index (χ4v) is 2.84. The molecule has 3 aromatic rings. The monoisotopic (exact) mass is 366 g/mol. The zero-order chi connectivity index (χ0) is 18.5. The van der Waals surface area contributed by atoms with Crippen molar-refractivity contribution < 1.29 is 4.74 Å². The normalized spacial score (nSPS) is 11.8. The van der Waals surface area contributed by atoms with Gasteiger partial charge in [-0.3, -0.25) is 0 Å². The van der Waals surface area contributed by atoms with E-state index >= 15 is 0 Å². The summed E-state index contributed by atoms with van der Waals surface area (Å²) in [6.07, 6.45) is 0. The van der Waals surface area contributed by atoms with Crippen LogP contribution in [0.25, 0.3) is 5.69 Å². The molecule has 0 saturated carbocycles. The van der Waals surface area contributed by atoms with E-state index in [0.717, 1.165) is 22.0 Å². The highest BCUT2D eigenvalue weighted by molar-refractivity contribution is 6.30. The standard InChI is InChI=1S/C20H19ClN4O/c1-14(23-13-16-4-3-5-17(21)10-16)19-11-20(26-2)25(24-19)18-8-6-15(12-22)7-9-18/h3-11,14,23H,13H2,1-2H3. The average Bonchev–Trinajstić information content (AvgIpc) is 3.11. The Kier molecular flexibility index (Phi) is 5.57. The fourth-order valence-electron chi connectivity index (χ4n) is 2.62. The van der Waals surface area contributed by atoms with Gasteiger partial charge in [0.25, 0.3) is 0 Å². The van der Waals surface area contributed by atoms with E-state index in [9.17, 15) is 0 Å². The Morgan fingerprint density at radius 3 is 2.65 bits per heavy atom. The summed E-state index contributed by atoms with van der Waals surface area (Å²) in [7, 11) is 1.62. The van der Waals surface area contributed by atoms with Gasteiger partial charge in [-0.15, -0.1) is 0 Å². The molecule has 0 radical (unpaired) electrons. The molecule has 1 N–H and O–H groups in total. The van der Waals surface area contributed by atoms with Gasteiger partial charge in [0.05, 0.1) is 30.1 Å². The molecule has 0 fully saturated rings. The Morgan fingerprint density at radius 2 is 2.00 bits per heavy atom. The Bertz CT molecular complexity index is 928. The van der Waals surface area contributed by atoms with Gasteiger partial charge < -0.3 is 10.1 Å². The summed E-state index contributed by atoms with van der Waals surface area (Å²) in [5, 5.41) is 17.8. The summed E-state index contributed by atoms with van der Waals surface area (Å²) in [5.74, 6) is 0.640. The quantitative estimate of drug-likeness (QED) is 0.708. The van der Waals surface area contributed by atoms with Crippen molar-refractivity contribution >= 4 is 11.6 Å². The van der Waals surface area contributed by atoms with Crippen molar-refractivity contribution in [2.75, 3.05) is 7.11 Å². The SMILES string of the molecule is COc1cc(C(C)NCc2cccc(Cl)c2)nn1-c1ccc(C#N)cc1. The number of aromatic nitrogens is 2. The molecule has 0 aliphatic carbocycles. The first kappa shape index (κ1) is 18.0. The number of methoxy groups -OCH3 is 1. The molecular formula is C20H19ClN4O. The minimum absolute atomic E-state index is 0.0301. The lowest BCUT2D eigenvalue weighted by molar-refractivity contribution is 0.383. The van der Waals surface area contributed by atoms with Crippen molar-refractivity contribution in [3.63, 3.8) is 0 Å². The molecular weight excluding hydrogens is 348 g/mol. The van der Waals surface area contributed by atoms with E-state index in [1.807, 2.05) is 42.5 Å². The van der Waals surface area contributed by atoms with Crippen LogP contribution in [-0.4, -0.2) is 16.9 Å². The van der Waals surface area contributed by atoms with Gasteiger partial charge in [-0.1, -0.05) is 23.7 Å². The van der Waals surface area contributed by atoms with Crippen LogP contribution >= 0.6 is 11.6 Å². The van der Waals surface area contributed by atoms with Crippen LogP contribution in [0.3, 0.4) is 0 Å². The predicted octanol–water partition coefficient (Wildman–Crippen LogP) is 4.26. The highest BCUT2D eigenvalue weighted by Gasteiger charge is 2.15. The Morgan fingerprint density at radius 1 is 1.23 bits per heavy atom. The van der Waals surface area contributed by atoms with Crippen molar-refractivity contribution in [3.8, 4) is 17.6 Å². The van der Waals surface area contributed by atoms with E-state index in [0.29, 0.717) is 18.0 Å². The number of ether oxygens (including phenoxy) is 1. The summed E-state index contributed by atoms with van der Waals surface area (Å²) in [6, 6.07) is 19.0. The van der Waals surface area contributed by atoms with Crippen LogP contribution in [-0.2, 0) is 6.54 Å². The molecule has 0 aliphatic heterocycles. The van der Waals surface area contributed by atoms with Crippen molar-refractivity contribution in [1.29, 1.82) is 5.26 Å². The maximum Gasteiger partial charge on any atom is 0.216 e. The lowest BCUT2D eigenvalue weighted by Crippen LogP contribution is -2.18. The van der Waals surface area contributed by atoms with Crippen LogP contribution in [0.2, 0.25) is 5.02 Å². The molecule has 1 aromatic heterocycles. The van der Waals surface area contributed by atoms with Crippen LogP contribution in [0.5, 0.6) is 5.88 Å². The number of hydrogen-bond acceptors (Lipinski definition) is 4. The zero-order valence-electron chi connectivity index (χ0n) is 14.6. The minimum Gasteiger partial charge on any atom is -0.481 e. The molecule has 0 saturated heterocycles. The number of nitrogens with zero attached hydrogens (tertiary/aromatic N) is 3. The molecule has 2 aromatic carbocycles. The van der Waals surface area contributed by atoms with Gasteiger partial charge >= 0.3 is 0 Å². The smallest absolute Gasteiger partial charge is 0.216 e. The van der Waals surface area contributed by atoms with E-state index in [1.54, 1.807) is 23.9 Å². The molecule has 1 unspecified atom stereocenters. The number of benzene rings is 2. The fraction of sp³-hybridized carbons (Fsp3) is 0.200. The number of nitriles is 1. The van der Waals surface area contributed by atoms with E-state index in [-0.39, 0.29) is 6.04 Å². The molecule has 26 heavy (non-hydrogen) atoms. The number of nitrogens with one attached hydrogen (secondary N) is 1. The third-order valence-electron chi connectivity index (χ3n) is 4.09. The van der Waals surface area contributed by atoms with Crippen molar-refractivity contribution in [3.05, 3.63) is 76.4 Å². The van der Waals surface area contributed by atoms with E-state index in [1.165, 1.54) is 0 Å². The number of rotatable bonds is 6. The maximum absolute atomic E-state index is 8.93. The second-order valence-electron chi connectivity index (χ2n) is 5.91. The molecule has 6 heteroatoms. The largest absolute Gasteiger partial charge is 0.481 e. The van der Waals surface area contributed by atoms with E-state index in [2.05, 4.69) is 23.4 Å². The first-order valence-electron chi connectivity index (χ1n) is 8.23. The zero-order valence-corrected chi connectivity index (χ0v) is 15.4. The lowest BCUT2D eigenvalue weighted by atomic mass is 10.2. The summed E-state index contributed by atoms with van der Waals surface area (Å²) < 4.78 is 7.19. The van der Waals surface area contributed by atoms with E-state index in [4.69, 9.17) is 21.6 Å². The van der Waals surface area contributed by atoms with Gasteiger partial charge in [0.1, 0.15) is 0 Å². The molecule has 1 atom stereocenters. The Labute approximate surface area is 157 Å². The number of halogens is 1. The topological polar surface area (TPSA) is 62.9 Å². The first-order chi connectivity index (χ1) is 12.6. The van der Waals surface area contributed by atoms with Gasteiger partial charge in [-0.05, 0) is 48.9 Å². The molecule has 0 spiro atoms. The van der Waals surface area contributed by atoms with Crippen LogP contribution < -0.4 is 10.1 Å². The summed E-state index contributed by atoms with van der Waals surface area (Å²) in [4.78, 5) is 0. The Balaban J connectivity index is 1.77. The molecule has 0 aliphatic rings. The van der Waals surface area contributed by atoms with Gasteiger partial charge in [0.2, 0.25) is 5.88 Å². The van der Waals surface area contributed by atoms with Gasteiger partial charge in [-0.2, -0.15) is 10.4 Å². The minimum atomic E-state index is 0.0301. The first-order valence-corrected chi connectivity index (χ1v) is 8.61. The number of hydrogen-bond donors (Lipinski definition) is 1. The highest BCUT2D eigenvalue weighted by Crippen LogP contribution is 2.23. The molecule has 0 bridgehead atoms. The average molecular weight is 367 g/mol. The van der Waals surface area contributed by atoms with Gasteiger partial charge in [0.15, 0.2) is 0 Å². The van der Waals surface area contributed by atoms with Gasteiger partial charge in [-0.25, -0.2) is 4.68 Å². The lowest BCUT2D eigenvalue weighted by Gasteiger charge is -2.11. The van der Waals surface area contributed by atoms with Crippen molar-refractivity contribution in [2.24, 2.45) is 0 Å². The second-order valence-corrected chi connectivity index (χ2v) is 6.35. The van der Waals surface area contributed by atoms with Crippen LogP contribution in [0.15, 0.2) is 54.6 Å². The highest BCUT2D eigenvalue weighted by atomic mass is 35.5.